The van der Waals surface area contributed by atoms with E-state index in [1.165, 1.54) is 0 Å². The first-order chi connectivity index (χ1) is 8.10. The van der Waals surface area contributed by atoms with Gasteiger partial charge in [0.15, 0.2) is 0 Å². The number of carboxylic acids is 1. The summed E-state index contributed by atoms with van der Waals surface area (Å²) >= 11 is 0. The van der Waals surface area contributed by atoms with E-state index in [0.717, 1.165) is 32.1 Å². The van der Waals surface area contributed by atoms with Crippen molar-refractivity contribution in [2.75, 3.05) is 6.61 Å². The fourth-order valence-corrected chi connectivity index (χ4v) is 2.04. The molecule has 0 aromatic carbocycles. The monoisotopic (exact) mass is 246 g/mol. The van der Waals surface area contributed by atoms with Gasteiger partial charge in [0.05, 0.1) is 12.7 Å². The molecule has 3 N–H and O–H groups in total. The zero-order valence-electron chi connectivity index (χ0n) is 10.8. The molecule has 4 heteroatoms. The molecule has 2 unspecified atom stereocenters. The molecule has 0 aromatic rings. The minimum Gasteiger partial charge on any atom is -0.481 e. The number of carboxylic acid groups (broad SMARTS) is 1. The van der Waals surface area contributed by atoms with Crippen molar-refractivity contribution in [2.24, 2.45) is 5.92 Å². The van der Waals surface area contributed by atoms with E-state index in [2.05, 4.69) is 6.92 Å². The van der Waals surface area contributed by atoms with E-state index in [0.29, 0.717) is 18.8 Å². The Balaban J connectivity index is 3.79. The molecular weight excluding hydrogens is 220 g/mol. The normalized spacial score (nSPS) is 14.5. The lowest BCUT2D eigenvalue weighted by molar-refractivity contribution is -0.137. The van der Waals surface area contributed by atoms with Crippen LogP contribution in [0.1, 0.15) is 58.3 Å². The van der Waals surface area contributed by atoms with Gasteiger partial charge in [0.1, 0.15) is 0 Å². The summed E-state index contributed by atoms with van der Waals surface area (Å²) in [6, 6.07) is 0. The quantitative estimate of drug-likeness (QED) is 0.488. The van der Waals surface area contributed by atoms with Crippen molar-refractivity contribution in [1.82, 2.24) is 0 Å². The molecule has 102 valence electrons. The zero-order chi connectivity index (χ0) is 13.1. The number of hydrogen-bond donors (Lipinski definition) is 3. The topological polar surface area (TPSA) is 77.8 Å². The van der Waals surface area contributed by atoms with Crippen molar-refractivity contribution >= 4 is 5.97 Å². The van der Waals surface area contributed by atoms with Crippen molar-refractivity contribution in [2.45, 2.75) is 64.4 Å². The van der Waals surface area contributed by atoms with Gasteiger partial charge < -0.3 is 15.3 Å². The Morgan fingerprint density at radius 1 is 1.18 bits per heavy atom. The van der Waals surface area contributed by atoms with Crippen LogP contribution in [0.15, 0.2) is 0 Å². The first-order valence-corrected chi connectivity index (χ1v) is 6.60. The maximum atomic E-state index is 10.4. The lowest BCUT2D eigenvalue weighted by Crippen LogP contribution is -2.17. The highest BCUT2D eigenvalue weighted by molar-refractivity contribution is 5.66. The molecule has 2 atom stereocenters. The van der Waals surface area contributed by atoms with E-state index in [-0.39, 0.29) is 13.0 Å². The van der Waals surface area contributed by atoms with E-state index in [1.54, 1.807) is 0 Å². The van der Waals surface area contributed by atoms with E-state index < -0.39 is 12.1 Å². The number of aliphatic hydroxyl groups excluding tert-OH is 2. The summed E-state index contributed by atoms with van der Waals surface area (Å²) in [4.78, 5) is 10.4. The molecule has 0 aliphatic rings. The average Bonchev–Trinajstić information content (AvgIpc) is 2.30. The van der Waals surface area contributed by atoms with Gasteiger partial charge in [-0.25, -0.2) is 0 Å². The minimum absolute atomic E-state index is 0.183. The summed E-state index contributed by atoms with van der Waals surface area (Å²) < 4.78 is 0. The van der Waals surface area contributed by atoms with Crippen LogP contribution in [-0.4, -0.2) is 34.0 Å². The lowest BCUT2D eigenvalue weighted by Gasteiger charge is -2.19. The lowest BCUT2D eigenvalue weighted by atomic mass is 9.90. The van der Waals surface area contributed by atoms with E-state index in [9.17, 15) is 9.90 Å². The third-order valence-electron chi connectivity index (χ3n) is 3.04. The van der Waals surface area contributed by atoms with Gasteiger partial charge >= 0.3 is 5.97 Å². The molecule has 0 saturated heterocycles. The second-order valence-corrected chi connectivity index (χ2v) is 4.72. The largest absolute Gasteiger partial charge is 0.481 e. The summed E-state index contributed by atoms with van der Waals surface area (Å²) in [5.74, 6) is -0.337. The van der Waals surface area contributed by atoms with Crippen molar-refractivity contribution in [3.8, 4) is 0 Å². The van der Waals surface area contributed by atoms with Crippen LogP contribution in [0.2, 0.25) is 0 Å². The summed E-state index contributed by atoms with van der Waals surface area (Å²) in [7, 11) is 0. The standard InChI is InChI=1S/C13H26O4/c1-2-3-6-11(9-12(15)10-14)7-4-5-8-13(16)17/h11-12,14-15H,2-10H2,1H3,(H,16,17). The highest BCUT2D eigenvalue weighted by Crippen LogP contribution is 2.21. The third kappa shape index (κ3) is 10.3. The van der Waals surface area contributed by atoms with E-state index in [1.807, 2.05) is 0 Å². The Kier molecular flexibility index (Phi) is 10.2. The number of aliphatic carboxylic acids is 1. The predicted molar refractivity (Wildman–Crippen MR) is 66.8 cm³/mol. The molecular formula is C13H26O4. The smallest absolute Gasteiger partial charge is 0.303 e. The molecule has 0 radical (unpaired) electrons. The van der Waals surface area contributed by atoms with Crippen LogP contribution in [0.25, 0.3) is 0 Å². The molecule has 4 nitrogen and oxygen atoms in total. The van der Waals surface area contributed by atoms with Crippen molar-refractivity contribution in [3.63, 3.8) is 0 Å². The maximum Gasteiger partial charge on any atom is 0.303 e. The molecule has 0 bridgehead atoms. The van der Waals surface area contributed by atoms with Crippen LogP contribution in [-0.2, 0) is 4.79 Å². The fraction of sp³-hybridized carbons (Fsp3) is 0.923. The second-order valence-electron chi connectivity index (χ2n) is 4.72. The molecule has 0 spiro atoms. The molecule has 17 heavy (non-hydrogen) atoms. The minimum atomic E-state index is -0.745. The average molecular weight is 246 g/mol. The van der Waals surface area contributed by atoms with Crippen LogP contribution in [0.5, 0.6) is 0 Å². The molecule has 0 aromatic heterocycles. The first-order valence-electron chi connectivity index (χ1n) is 6.60. The Morgan fingerprint density at radius 3 is 2.35 bits per heavy atom. The Labute approximate surface area is 104 Å². The molecule has 0 heterocycles. The van der Waals surface area contributed by atoms with Crippen LogP contribution in [0.3, 0.4) is 0 Å². The van der Waals surface area contributed by atoms with Crippen LogP contribution in [0.4, 0.5) is 0 Å². The molecule has 0 amide bonds. The van der Waals surface area contributed by atoms with Gasteiger partial charge in [-0.3, -0.25) is 4.79 Å². The predicted octanol–water partition coefficient (Wildman–Crippen LogP) is 2.18. The molecule has 0 saturated carbocycles. The molecule has 0 aliphatic heterocycles. The van der Waals surface area contributed by atoms with E-state index in [4.69, 9.17) is 10.2 Å². The highest BCUT2D eigenvalue weighted by Gasteiger charge is 2.13. The Bertz CT molecular complexity index is 194. The summed E-state index contributed by atoms with van der Waals surface area (Å²) in [6.07, 6.45) is 6.07. The maximum absolute atomic E-state index is 10.4. The van der Waals surface area contributed by atoms with Crippen molar-refractivity contribution in [3.05, 3.63) is 0 Å². The summed E-state index contributed by atoms with van der Waals surface area (Å²) in [5.41, 5.74) is 0. The molecule has 0 rings (SSSR count). The van der Waals surface area contributed by atoms with E-state index >= 15 is 0 Å². The van der Waals surface area contributed by atoms with Gasteiger partial charge in [-0.05, 0) is 18.8 Å². The second kappa shape index (κ2) is 10.5. The molecule has 0 fully saturated rings. The van der Waals surface area contributed by atoms with Crippen LogP contribution < -0.4 is 0 Å². The summed E-state index contributed by atoms with van der Waals surface area (Å²) in [5, 5.41) is 26.8. The van der Waals surface area contributed by atoms with Gasteiger partial charge in [0.2, 0.25) is 0 Å². The van der Waals surface area contributed by atoms with Gasteiger partial charge in [-0.2, -0.15) is 0 Å². The number of carbonyl (C=O) groups is 1. The molecule has 0 aliphatic carbocycles. The number of hydrogen-bond acceptors (Lipinski definition) is 3. The Hall–Kier alpha value is -0.610. The zero-order valence-corrected chi connectivity index (χ0v) is 10.8. The highest BCUT2D eigenvalue weighted by atomic mass is 16.4. The Morgan fingerprint density at radius 2 is 1.82 bits per heavy atom. The number of rotatable bonds is 11. The van der Waals surface area contributed by atoms with Gasteiger partial charge in [-0.1, -0.05) is 39.0 Å². The van der Waals surface area contributed by atoms with Crippen molar-refractivity contribution < 1.29 is 20.1 Å². The van der Waals surface area contributed by atoms with Crippen molar-refractivity contribution in [1.29, 1.82) is 0 Å². The summed E-state index contributed by atoms with van der Waals surface area (Å²) in [6.45, 7) is 1.95. The third-order valence-corrected chi connectivity index (χ3v) is 3.04. The number of aliphatic hydroxyl groups is 2. The van der Waals surface area contributed by atoms with Crippen LogP contribution in [0, 0.1) is 5.92 Å². The van der Waals surface area contributed by atoms with Gasteiger partial charge in [0, 0.05) is 6.42 Å². The van der Waals surface area contributed by atoms with Gasteiger partial charge in [0.25, 0.3) is 0 Å². The van der Waals surface area contributed by atoms with Crippen LogP contribution >= 0.6 is 0 Å². The first kappa shape index (κ1) is 16.4. The number of unbranched alkanes of at least 4 members (excludes halogenated alkanes) is 2. The van der Waals surface area contributed by atoms with Gasteiger partial charge in [-0.15, -0.1) is 0 Å². The fourth-order valence-electron chi connectivity index (χ4n) is 2.04. The SMILES string of the molecule is CCCCC(CCCCC(=O)O)CC(O)CO.